The Balaban J connectivity index is 1.43. The predicted octanol–water partition coefficient (Wildman–Crippen LogP) is 2.13. The van der Waals surface area contributed by atoms with Gasteiger partial charge in [0.2, 0.25) is 0 Å². The lowest BCUT2D eigenvalue weighted by Gasteiger charge is -2.33. The van der Waals surface area contributed by atoms with Crippen LogP contribution in [-0.4, -0.2) is 35.7 Å². The zero-order chi connectivity index (χ0) is 16.5. The number of nitrogens with one attached hydrogen (secondary N) is 1. The van der Waals surface area contributed by atoms with Gasteiger partial charge in [-0.1, -0.05) is 29.8 Å². The van der Waals surface area contributed by atoms with E-state index < -0.39 is 0 Å². The van der Waals surface area contributed by atoms with Gasteiger partial charge in [-0.25, -0.2) is 4.98 Å². The molecule has 0 bridgehead atoms. The first-order valence-corrected chi connectivity index (χ1v) is 8.83. The van der Waals surface area contributed by atoms with Gasteiger partial charge in [0.25, 0.3) is 0 Å². The van der Waals surface area contributed by atoms with Gasteiger partial charge in [0.15, 0.2) is 5.82 Å². The number of rotatable bonds is 3. The van der Waals surface area contributed by atoms with Crippen LogP contribution in [0, 0.1) is 0 Å². The van der Waals surface area contributed by atoms with E-state index in [2.05, 4.69) is 52.9 Å². The maximum atomic E-state index is 6.11. The summed E-state index contributed by atoms with van der Waals surface area (Å²) >= 11 is 6.11. The van der Waals surface area contributed by atoms with Crippen LogP contribution in [0.25, 0.3) is 11.0 Å². The van der Waals surface area contributed by atoms with Crippen molar-refractivity contribution in [2.24, 2.45) is 7.05 Å². The van der Waals surface area contributed by atoms with E-state index in [-0.39, 0.29) is 0 Å². The Labute approximate surface area is 147 Å². The third-order valence-electron chi connectivity index (χ3n) is 4.93. The molecule has 2 heterocycles. The highest BCUT2D eigenvalue weighted by atomic mass is 35.5. The molecule has 1 fully saturated rings. The molecule has 0 aliphatic carbocycles. The van der Waals surface area contributed by atoms with Gasteiger partial charge in [-0.05, 0) is 30.3 Å². The Morgan fingerprint density at radius 2 is 1.88 bits per heavy atom. The lowest BCUT2D eigenvalue weighted by Crippen LogP contribution is -3.13. The molecular weight excluding hydrogens is 320 g/mol. The summed E-state index contributed by atoms with van der Waals surface area (Å²) in [4.78, 5) is 8.82. The summed E-state index contributed by atoms with van der Waals surface area (Å²) in [6.45, 7) is 5.33. The van der Waals surface area contributed by atoms with Crippen molar-refractivity contribution in [3.8, 4) is 0 Å². The number of benzene rings is 2. The topological polar surface area (TPSA) is 25.5 Å². The first-order chi connectivity index (χ1) is 11.7. The Hall–Kier alpha value is -2.04. The summed E-state index contributed by atoms with van der Waals surface area (Å²) in [5.41, 5.74) is 3.53. The summed E-state index contributed by atoms with van der Waals surface area (Å²) in [7, 11) is 2.12. The van der Waals surface area contributed by atoms with Crippen LogP contribution in [0.1, 0.15) is 5.82 Å². The number of piperazine rings is 1. The van der Waals surface area contributed by atoms with Gasteiger partial charge in [-0.2, -0.15) is 0 Å². The molecular formula is C19H22ClN4+. The van der Waals surface area contributed by atoms with E-state index >= 15 is 0 Å². The molecule has 2 aromatic carbocycles. The highest BCUT2D eigenvalue weighted by Gasteiger charge is 2.22. The lowest BCUT2D eigenvalue weighted by atomic mass is 10.2. The standard InChI is InChI=1S/C19H21ClN4/c1-22-18-8-3-2-7-17(18)21-19(22)14-23-9-11-24(12-10-23)16-6-4-5-15(20)13-16/h2-8,13H,9-12,14H2,1H3/p+1. The van der Waals surface area contributed by atoms with Gasteiger partial charge in [-0.15, -0.1) is 0 Å². The lowest BCUT2D eigenvalue weighted by molar-refractivity contribution is -0.915. The molecule has 124 valence electrons. The van der Waals surface area contributed by atoms with Crippen LogP contribution < -0.4 is 9.80 Å². The van der Waals surface area contributed by atoms with Crippen molar-refractivity contribution in [2.45, 2.75) is 6.54 Å². The van der Waals surface area contributed by atoms with Gasteiger partial charge >= 0.3 is 0 Å². The number of hydrogen-bond donors (Lipinski definition) is 1. The predicted molar refractivity (Wildman–Crippen MR) is 98.8 cm³/mol. The fraction of sp³-hybridized carbons (Fsp3) is 0.316. The largest absolute Gasteiger partial charge is 0.360 e. The number of nitrogens with zero attached hydrogens (tertiary/aromatic N) is 3. The third kappa shape index (κ3) is 2.99. The summed E-state index contributed by atoms with van der Waals surface area (Å²) in [5, 5.41) is 0.807. The Morgan fingerprint density at radius 1 is 1.08 bits per heavy atom. The zero-order valence-electron chi connectivity index (χ0n) is 13.9. The van der Waals surface area contributed by atoms with Crippen molar-refractivity contribution >= 4 is 28.3 Å². The van der Waals surface area contributed by atoms with Crippen LogP contribution in [0.4, 0.5) is 5.69 Å². The van der Waals surface area contributed by atoms with Gasteiger partial charge in [0, 0.05) is 17.8 Å². The quantitative estimate of drug-likeness (QED) is 0.789. The van der Waals surface area contributed by atoms with Crippen LogP contribution in [0.5, 0.6) is 0 Å². The minimum absolute atomic E-state index is 0.807. The second kappa shape index (κ2) is 6.46. The molecule has 3 aromatic rings. The number of para-hydroxylation sites is 2. The molecule has 0 spiro atoms. The molecule has 1 saturated heterocycles. The van der Waals surface area contributed by atoms with Gasteiger partial charge < -0.3 is 14.4 Å². The zero-order valence-corrected chi connectivity index (χ0v) is 14.6. The van der Waals surface area contributed by atoms with Crippen molar-refractivity contribution in [3.05, 3.63) is 59.4 Å². The van der Waals surface area contributed by atoms with Crippen LogP contribution >= 0.6 is 11.6 Å². The smallest absolute Gasteiger partial charge is 0.165 e. The number of aryl methyl sites for hydroxylation is 1. The molecule has 1 aromatic heterocycles. The summed E-state index contributed by atoms with van der Waals surface area (Å²) in [6.07, 6.45) is 0. The summed E-state index contributed by atoms with van der Waals surface area (Å²) in [6, 6.07) is 16.5. The molecule has 4 rings (SSSR count). The number of fused-ring (bicyclic) bond motifs is 1. The van der Waals surface area contributed by atoms with E-state index in [4.69, 9.17) is 16.6 Å². The molecule has 0 radical (unpaired) electrons. The number of aromatic nitrogens is 2. The average Bonchev–Trinajstić information content (AvgIpc) is 2.92. The average molecular weight is 342 g/mol. The molecule has 0 atom stereocenters. The minimum Gasteiger partial charge on any atom is -0.360 e. The van der Waals surface area contributed by atoms with Crippen molar-refractivity contribution in [1.29, 1.82) is 0 Å². The van der Waals surface area contributed by atoms with Crippen LogP contribution in [0.3, 0.4) is 0 Å². The van der Waals surface area contributed by atoms with Gasteiger partial charge in [-0.3, -0.25) is 0 Å². The molecule has 24 heavy (non-hydrogen) atoms. The van der Waals surface area contributed by atoms with Crippen molar-refractivity contribution in [2.75, 3.05) is 31.1 Å². The van der Waals surface area contributed by atoms with Crippen molar-refractivity contribution in [3.63, 3.8) is 0 Å². The molecule has 0 unspecified atom stereocenters. The van der Waals surface area contributed by atoms with Gasteiger partial charge in [0.05, 0.1) is 37.2 Å². The Morgan fingerprint density at radius 3 is 2.62 bits per heavy atom. The number of quaternary nitrogens is 1. The second-order valence-electron chi connectivity index (χ2n) is 6.47. The molecule has 0 amide bonds. The highest BCUT2D eigenvalue weighted by molar-refractivity contribution is 6.30. The maximum Gasteiger partial charge on any atom is 0.165 e. The first kappa shape index (κ1) is 15.5. The summed E-state index contributed by atoms with van der Waals surface area (Å²) in [5.74, 6) is 1.17. The molecule has 5 heteroatoms. The van der Waals surface area contributed by atoms with Crippen molar-refractivity contribution < 1.29 is 4.90 Å². The number of anilines is 1. The normalized spacial score (nSPS) is 16.0. The van der Waals surface area contributed by atoms with E-state index in [1.165, 1.54) is 17.0 Å². The molecule has 1 aliphatic rings. The molecule has 1 aliphatic heterocycles. The van der Waals surface area contributed by atoms with Gasteiger partial charge in [0.1, 0.15) is 6.54 Å². The first-order valence-electron chi connectivity index (χ1n) is 8.45. The highest BCUT2D eigenvalue weighted by Crippen LogP contribution is 2.19. The molecule has 4 nitrogen and oxygen atoms in total. The minimum atomic E-state index is 0.807. The fourth-order valence-corrected chi connectivity index (χ4v) is 3.69. The second-order valence-corrected chi connectivity index (χ2v) is 6.91. The number of halogens is 1. The monoisotopic (exact) mass is 341 g/mol. The SMILES string of the molecule is Cn1c(C[NH+]2CCN(c3cccc(Cl)c3)CC2)nc2ccccc21. The van der Waals surface area contributed by atoms with E-state index in [9.17, 15) is 0 Å². The van der Waals surface area contributed by atoms with E-state index in [1.54, 1.807) is 4.90 Å². The fourth-order valence-electron chi connectivity index (χ4n) is 3.51. The molecule has 1 N–H and O–H groups in total. The van der Waals surface area contributed by atoms with E-state index in [1.807, 2.05) is 12.1 Å². The molecule has 0 saturated carbocycles. The number of hydrogen-bond acceptors (Lipinski definition) is 2. The summed E-state index contributed by atoms with van der Waals surface area (Å²) < 4.78 is 2.23. The Kier molecular flexibility index (Phi) is 4.17. The number of imidazole rings is 1. The van der Waals surface area contributed by atoms with Crippen LogP contribution in [0.15, 0.2) is 48.5 Å². The third-order valence-corrected chi connectivity index (χ3v) is 5.17. The van der Waals surface area contributed by atoms with Crippen molar-refractivity contribution in [1.82, 2.24) is 9.55 Å². The van der Waals surface area contributed by atoms with Crippen LogP contribution in [0.2, 0.25) is 5.02 Å². The van der Waals surface area contributed by atoms with E-state index in [0.29, 0.717) is 0 Å². The van der Waals surface area contributed by atoms with E-state index in [0.717, 1.165) is 43.3 Å². The Bertz CT molecular complexity index is 849. The van der Waals surface area contributed by atoms with Crippen LogP contribution in [-0.2, 0) is 13.6 Å². The maximum absolute atomic E-state index is 6.11.